The second kappa shape index (κ2) is 8.58. The van der Waals surface area contributed by atoms with Crippen LogP contribution in [0, 0.1) is 5.92 Å². The molecule has 0 N–H and O–H groups in total. The van der Waals surface area contributed by atoms with Crippen LogP contribution in [-0.2, 0) is 0 Å². The first-order valence-electron chi connectivity index (χ1n) is 9.51. The van der Waals surface area contributed by atoms with Crippen LogP contribution < -0.4 is 9.64 Å². The molecule has 3 nitrogen and oxygen atoms in total. The van der Waals surface area contributed by atoms with Crippen molar-refractivity contribution in [2.24, 2.45) is 5.92 Å². The number of ether oxygens (including phenoxy) is 1. The topological polar surface area (TPSA) is 15.7 Å². The summed E-state index contributed by atoms with van der Waals surface area (Å²) < 4.78 is 5.92. The first-order valence-corrected chi connectivity index (χ1v) is 9.51. The summed E-state index contributed by atoms with van der Waals surface area (Å²) in [5, 5.41) is 0. The van der Waals surface area contributed by atoms with E-state index in [1.54, 1.807) is 0 Å². The summed E-state index contributed by atoms with van der Waals surface area (Å²) in [7, 11) is 0. The molecule has 1 aromatic rings. The van der Waals surface area contributed by atoms with Crippen molar-refractivity contribution in [1.82, 2.24) is 4.90 Å². The lowest BCUT2D eigenvalue weighted by atomic mass is 10.0. The van der Waals surface area contributed by atoms with Gasteiger partial charge in [0.2, 0.25) is 0 Å². The maximum Gasteiger partial charge on any atom is 0.119 e. The van der Waals surface area contributed by atoms with Gasteiger partial charge < -0.3 is 14.5 Å². The minimum absolute atomic E-state index is 0.827. The van der Waals surface area contributed by atoms with Gasteiger partial charge in [-0.25, -0.2) is 0 Å². The predicted molar refractivity (Wildman–Crippen MR) is 97.5 cm³/mol. The van der Waals surface area contributed by atoms with Gasteiger partial charge in [0.1, 0.15) is 5.75 Å². The highest BCUT2D eigenvalue weighted by atomic mass is 16.5. The van der Waals surface area contributed by atoms with Gasteiger partial charge >= 0.3 is 0 Å². The van der Waals surface area contributed by atoms with Crippen molar-refractivity contribution in [1.29, 1.82) is 0 Å². The number of likely N-dealkylation sites (tertiary alicyclic amines) is 1. The number of benzene rings is 1. The molecule has 2 saturated heterocycles. The third-order valence-corrected chi connectivity index (χ3v) is 5.19. The Kier molecular flexibility index (Phi) is 6.21. The van der Waals surface area contributed by atoms with Crippen molar-refractivity contribution in [3.63, 3.8) is 0 Å². The van der Waals surface area contributed by atoms with Gasteiger partial charge in [0, 0.05) is 31.9 Å². The smallest absolute Gasteiger partial charge is 0.119 e. The zero-order valence-corrected chi connectivity index (χ0v) is 14.7. The van der Waals surface area contributed by atoms with E-state index in [1.807, 2.05) is 0 Å². The van der Waals surface area contributed by atoms with Gasteiger partial charge in [-0.2, -0.15) is 0 Å². The van der Waals surface area contributed by atoms with E-state index in [0.29, 0.717) is 0 Å². The number of nitrogens with zero attached hydrogens (tertiary/aromatic N) is 2. The van der Waals surface area contributed by atoms with Gasteiger partial charge in [0.15, 0.2) is 0 Å². The van der Waals surface area contributed by atoms with Gasteiger partial charge in [-0.15, -0.1) is 0 Å². The molecule has 1 unspecified atom stereocenters. The Balaban J connectivity index is 1.37. The molecule has 1 atom stereocenters. The van der Waals surface area contributed by atoms with E-state index in [-0.39, 0.29) is 0 Å². The maximum atomic E-state index is 5.92. The minimum Gasteiger partial charge on any atom is -0.494 e. The van der Waals surface area contributed by atoms with Crippen LogP contribution in [0.1, 0.15) is 45.4 Å². The Bertz CT molecular complexity index is 453. The Morgan fingerprint density at radius 2 is 1.78 bits per heavy atom. The molecule has 0 saturated carbocycles. The summed E-state index contributed by atoms with van der Waals surface area (Å²) in [6.07, 6.45) is 7.92. The molecule has 2 aliphatic heterocycles. The summed E-state index contributed by atoms with van der Waals surface area (Å²) in [6, 6.07) is 8.69. The van der Waals surface area contributed by atoms with E-state index < -0.39 is 0 Å². The standard InChI is InChI=1S/C20H32N2O/c1-18-7-5-12-21(17-18)13-6-16-23-20-10-8-19(9-11-20)22-14-3-2-4-15-22/h8-11,18H,2-7,12-17H2,1H3. The number of hydrogen-bond donors (Lipinski definition) is 0. The largest absolute Gasteiger partial charge is 0.494 e. The summed E-state index contributed by atoms with van der Waals surface area (Å²) in [5.74, 6) is 1.88. The molecule has 0 aliphatic carbocycles. The quantitative estimate of drug-likeness (QED) is 0.732. The molecule has 0 amide bonds. The van der Waals surface area contributed by atoms with Crippen LogP contribution in [0.5, 0.6) is 5.75 Å². The van der Waals surface area contributed by atoms with E-state index >= 15 is 0 Å². The zero-order valence-electron chi connectivity index (χ0n) is 14.7. The lowest BCUT2D eigenvalue weighted by Crippen LogP contribution is -2.35. The molecular formula is C20H32N2O. The van der Waals surface area contributed by atoms with E-state index in [2.05, 4.69) is 41.0 Å². The second-order valence-corrected chi connectivity index (χ2v) is 7.29. The van der Waals surface area contributed by atoms with E-state index in [9.17, 15) is 0 Å². The van der Waals surface area contributed by atoms with Crippen molar-refractivity contribution in [3.05, 3.63) is 24.3 Å². The normalized spacial score (nSPS) is 23.0. The van der Waals surface area contributed by atoms with Crippen molar-refractivity contribution in [3.8, 4) is 5.75 Å². The first-order chi connectivity index (χ1) is 11.3. The van der Waals surface area contributed by atoms with E-state index in [4.69, 9.17) is 4.74 Å². The SMILES string of the molecule is CC1CCCN(CCCOc2ccc(N3CCCCC3)cc2)C1. The highest BCUT2D eigenvalue weighted by Gasteiger charge is 2.15. The summed E-state index contributed by atoms with van der Waals surface area (Å²) in [5.41, 5.74) is 1.35. The Morgan fingerprint density at radius 1 is 1.00 bits per heavy atom. The molecule has 2 heterocycles. The van der Waals surface area contributed by atoms with Crippen LogP contribution in [0.4, 0.5) is 5.69 Å². The number of piperidine rings is 2. The van der Waals surface area contributed by atoms with Gasteiger partial charge in [-0.3, -0.25) is 0 Å². The maximum absolute atomic E-state index is 5.92. The molecule has 1 aromatic carbocycles. The van der Waals surface area contributed by atoms with E-state index in [1.165, 1.54) is 70.5 Å². The van der Waals surface area contributed by atoms with Crippen molar-refractivity contribution >= 4 is 5.69 Å². The van der Waals surface area contributed by atoms with Crippen molar-refractivity contribution in [2.45, 2.75) is 45.4 Å². The fourth-order valence-electron chi connectivity index (χ4n) is 3.87. The van der Waals surface area contributed by atoms with Crippen LogP contribution in [0.2, 0.25) is 0 Å². The Labute approximate surface area is 141 Å². The van der Waals surface area contributed by atoms with Crippen LogP contribution in [0.3, 0.4) is 0 Å². The average Bonchev–Trinajstić information content (AvgIpc) is 2.60. The number of anilines is 1. The second-order valence-electron chi connectivity index (χ2n) is 7.29. The monoisotopic (exact) mass is 316 g/mol. The molecular weight excluding hydrogens is 284 g/mol. The lowest BCUT2D eigenvalue weighted by molar-refractivity contribution is 0.170. The Hall–Kier alpha value is -1.22. The molecule has 3 heteroatoms. The highest BCUT2D eigenvalue weighted by molar-refractivity contribution is 5.49. The molecule has 23 heavy (non-hydrogen) atoms. The number of hydrogen-bond acceptors (Lipinski definition) is 3. The minimum atomic E-state index is 0.827. The van der Waals surface area contributed by atoms with Gasteiger partial charge in [0.05, 0.1) is 6.61 Å². The average molecular weight is 316 g/mol. The van der Waals surface area contributed by atoms with E-state index in [0.717, 1.165) is 24.7 Å². The molecule has 3 rings (SSSR count). The highest BCUT2D eigenvalue weighted by Crippen LogP contribution is 2.23. The summed E-state index contributed by atoms with van der Waals surface area (Å²) >= 11 is 0. The number of rotatable bonds is 6. The fraction of sp³-hybridized carbons (Fsp3) is 0.700. The summed E-state index contributed by atoms with van der Waals surface area (Å²) in [6.45, 7) is 9.32. The molecule has 2 fully saturated rings. The third-order valence-electron chi connectivity index (χ3n) is 5.19. The molecule has 0 spiro atoms. The molecule has 0 radical (unpaired) electrons. The first kappa shape index (κ1) is 16.6. The van der Waals surface area contributed by atoms with Crippen LogP contribution in [0.25, 0.3) is 0 Å². The predicted octanol–water partition coefficient (Wildman–Crippen LogP) is 4.18. The summed E-state index contributed by atoms with van der Waals surface area (Å²) in [4.78, 5) is 5.09. The van der Waals surface area contributed by atoms with Gasteiger partial charge in [-0.05, 0) is 75.3 Å². The Morgan fingerprint density at radius 3 is 2.52 bits per heavy atom. The van der Waals surface area contributed by atoms with Crippen LogP contribution >= 0.6 is 0 Å². The molecule has 128 valence electrons. The molecule has 0 aromatic heterocycles. The zero-order chi connectivity index (χ0) is 15.9. The third kappa shape index (κ3) is 5.13. The lowest BCUT2D eigenvalue weighted by Gasteiger charge is -2.30. The van der Waals surface area contributed by atoms with Crippen molar-refractivity contribution in [2.75, 3.05) is 44.2 Å². The fourth-order valence-corrected chi connectivity index (χ4v) is 3.87. The van der Waals surface area contributed by atoms with Gasteiger partial charge in [-0.1, -0.05) is 6.92 Å². The molecule has 2 aliphatic rings. The van der Waals surface area contributed by atoms with Gasteiger partial charge in [0.25, 0.3) is 0 Å². The van der Waals surface area contributed by atoms with Crippen molar-refractivity contribution < 1.29 is 4.74 Å². The van der Waals surface area contributed by atoms with Crippen LogP contribution in [0.15, 0.2) is 24.3 Å². The molecule has 0 bridgehead atoms. The van der Waals surface area contributed by atoms with Crippen LogP contribution in [-0.4, -0.2) is 44.2 Å².